The van der Waals surface area contributed by atoms with Crippen molar-refractivity contribution in [1.29, 1.82) is 0 Å². The van der Waals surface area contributed by atoms with Crippen molar-refractivity contribution in [3.05, 3.63) is 23.2 Å². The minimum absolute atomic E-state index is 0.534. The van der Waals surface area contributed by atoms with Crippen LogP contribution in [0.4, 0.5) is 0 Å². The van der Waals surface area contributed by atoms with E-state index in [1.807, 2.05) is 6.92 Å². The Balaban J connectivity index is 1.87. The van der Waals surface area contributed by atoms with Crippen LogP contribution in [0.1, 0.15) is 36.8 Å². The summed E-state index contributed by atoms with van der Waals surface area (Å²) in [4.78, 5) is 2.33. The average Bonchev–Trinajstić information content (AvgIpc) is 3.00. The lowest BCUT2D eigenvalue weighted by molar-refractivity contribution is 0.152. The maximum Gasteiger partial charge on any atom is 0.118 e. The van der Waals surface area contributed by atoms with Gasteiger partial charge in [-0.05, 0) is 39.4 Å². The molecule has 1 aromatic heterocycles. The lowest BCUT2D eigenvalue weighted by Crippen LogP contribution is -2.31. The second-order valence-corrected chi connectivity index (χ2v) is 5.40. The van der Waals surface area contributed by atoms with E-state index < -0.39 is 0 Å². The molecule has 108 valence electrons. The summed E-state index contributed by atoms with van der Waals surface area (Å²) in [6.07, 6.45) is 2.29. The largest absolute Gasteiger partial charge is 0.465 e. The molecule has 2 rings (SSSR count). The molecule has 1 aliphatic heterocycles. The highest BCUT2D eigenvalue weighted by molar-refractivity contribution is 5.20. The molecule has 1 saturated heterocycles. The van der Waals surface area contributed by atoms with E-state index in [4.69, 9.17) is 9.15 Å². The number of nitrogens with zero attached hydrogens (tertiary/aromatic N) is 1. The van der Waals surface area contributed by atoms with Gasteiger partial charge < -0.3 is 14.5 Å². The van der Waals surface area contributed by atoms with Gasteiger partial charge in [0.05, 0.1) is 13.2 Å². The predicted molar refractivity (Wildman–Crippen MR) is 76.1 cm³/mol. The molecule has 1 unspecified atom stereocenters. The Labute approximate surface area is 116 Å². The van der Waals surface area contributed by atoms with Gasteiger partial charge in [0.1, 0.15) is 11.5 Å². The smallest absolute Gasteiger partial charge is 0.118 e. The molecule has 0 bridgehead atoms. The van der Waals surface area contributed by atoms with Gasteiger partial charge in [0.25, 0.3) is 0 Å². The van der Waals surface area contributed by atoms with Crippen LogP contribution in [0.5, 0.6) is 0 Å². The number of rotatable bonds is 7. The second kappa shape index (κ2) is 7.08. The van der Waals surface area contributed by atoms with E-state index >= 15 is 0 Å². The molecule has 1 atom stereocenters. The summed E-state index contributed by atoms with van der Waals surface area (Å²) >= 11 is 0. The first-order chi connectivity index (χ1) is 9.20. The molecule has 1 aliphatic rings. The fraction of sp³-hybridized carbons (Fsp3) is 0.733. The molecule has 0 radical (unpaired) electrons. The van der Waals surface area contributed by atoms with Crippen LogP contribution in [0.15, 0.2) is 10.5 Å². The van der Waals surface area contributed by atoms with Crippen LogP contribution < -0.4 is 5.32 Å². The van der Waals surface area contributed by atoms with Crippen molar-refractivity contribution in [3.8, 4) is 0 Å². The molecule has 19 heavy (non-hydrogen) atoms. The van der Waals surface area contributed by atoms with Gasteiger partial charge >= 0.3 is 0 Å². The van der Waals surface area contributed by atoms with Crippen LogP contribution in [0.3, 0.4) is 0 Å². The van der Waals surface area contributed by atoms with E-state index in [2.05, 4.69) is 30.3 Å². The quantitative estimate of drug-likeness (QED) is 0.769. The van der Waals surface area contributed by atoms with E-state index in [1.54, 1.807) is 0 Å². The second-order valence-electron chi connectivity index (χ2n) is 5.40. The molecular formula is C15H26N2O2. The summed E-state index contributed by atoms with van der Waals surface area (Å²) < 4.78 is 11.3. The Morgan fingerprint density at radius 3 is 3.00 bits per heavy atom. The lowest BCUT2D eigenvalue weighted by atomic mass is 10.2. The third-order valence-electron chi connectivity index (χ3n) is 3.75. The van der Waals surface area contributed by atoms with Gasteiger partial charge in [-0.3, -0.25) is 4.90 Å². The highest BCUT2D eigenvalue weighted by Gasteiger charge is 2.21. The molecule has 1 N–H and O–H groups in total. The van der Waals surface area contributed by atoms with E-state index in [0.717, 1.165) is 57.2 Å². The molecule has 0 saturated carbocycles. The molecule has 0 aromatic carbocycles. The Hall–Kier alpha value is -0.840. The van der Waals surface area contributed by atoms with E-state index in [1.165, 1.54) is 5.56 Å². The Bertz CT molecular complexity index is 383. The van der Waals surface area contributed by atoms with Gasteiger partial charge in [0, 0.05) is 24.8 Å². The van der Waals surface area contributed by atoms with Gasteiger partial charge in [0.15, 0.2) is 0 Å². The molecule has 1 fully saturated rings. The molecular weight excluding hydrogens is 240 g/mol. The van der Waals surface area contributed by atoms with Crippen molar-refractivity contribution in [2.75, 3.05) is 26.8 Å². The molecule has 0 spiro atoms. The first-order valence-electron chi connectivity index (χ1n) is 7.27. The number of hydrogen-bond acceptors (Lipinski definition) is 4. The third kappa shape index (κ3) is 4.06. The molecule has 2 heterocycles. The SMILES string of the molecule is CCCNCc1cc(CN(C)C2CCOC2)oc1C. The first-order valence-corrected chi connectivity index (χ1v) is 7.27. The maximum absolute atomic E-state index is 5.85. The Morgan fingerprint density at radius 1 is 1.47 bits per heavy atom. The molecule has 4 nitrogen and oxygen atoms in total. The molecule has 0 aliphatic carbocycles. The van der Waals surface area contributed by atoms with Crippen LogP contribution in [-0.4, -0.2) is 37.7 Å². The highest BCUT2D eigenvalue weighted by atomic mass is 16.5. The first kappa shape index (κ1) is 14.6. The van der Waals surface area contributed by atoms with Gasteiger partial charge in [-0.15, -0.1) is 0 Å². The van der Waals surface area contributed by atoms with Crippen LogP contribution >= 0.6 is 0 Å². The van der Waals surface area contributed by atoms with Crippen molar-refractivity contribution in [2.24, 2.45) is 0 Å². The minimum atomic E-state index is 0.534. The summed E-state index contributed by atoms with van der Waals surface area (Å²) in [5.41, 5.74) is 1.28. The summed E-state index contributed by atoms with van der Waals surface area (Å²) in [5, 5.41) is 3.42. The normalized spacial score (nSPS) is 19.5. The Kier molecular flexibility index (Phi) is 5.43. The highest BCUT2D eigenvalue weighted by Crippen LogP contribution is 2.19. The average molecular weight is 266 g/mol. The fourth-order valence-corrected chi connectivity index (χ4v) is 2.49. The van der Waals surface area contributed by atoms with E-state index in [0.29, 0.717) is 6.04 Å². The van der Waals surface area contributed by atoms with Gasteiger partial charge in [-0.25, -0.2) is 0 Å². The zero-order valence-electron chi connectivity index (χ0n) is 12.4. The number of ether oxygens (including phenoxy) is 1. The zero-order chi connectivity index (χ0) is 13.7. The van der Waals surface area contributed by atoms with Crippen LogP contribution in [0.2, 0.25) is 0 Å². The van der Waals surface area contributed by atoms with Crippen molar-refractivity contribution in [3.63, 3.8) is 0 Å². The summed E-state index contributed by atoms with van der Waals surface area (Å²) in [6, 6.07) is 2.72. The standard InChI is InChI=1S/C15H26N2O2/c1-4-6-16-9-13-8-15(19-12(13)2)10-17(3)14-5-7-18-11-14/h8,14,16H,4-7,9-11H2,1-3H3. The molecule has 1 aromatic rings. The number of likely N-dealkylation sites (N-methyl/N-ethyl adjacent to an activating group) is 1. The van der Waals surface area contributed by atoms with Gasteiger partial charge in [-0.2, -0.15) is 0 Å². The van der Waals surface area contributed by atoms with E-state index in [-0.39, 0.29) is 0 Å². The number of furan rings is 1. The summed E-state index contributed by atoms with van der Waals surface area (Å²) in [5.74, 6) is 2.09. The van der Waals surface area contributed by atoms with Crippen molar-refractivity contribution in [1.82, 2.24) is 10.2 Å². The summed E-state index contributed by atoms with van der Waals surface area (Å²) in [6.45, 7) is 8.78. The minimum Gasteiger partial charge on any atom is -0.465 e. The zero-order valence-corrected chi connectivity index (χ0v) is 12.4. The Morgan fingerprint density at radius 2 is 2.32 bits per heavy atom. The number of aryl methyl sites for hydroxylation is 1. The lowest BCUT2D eigenvalue weighted by Gasteiger charge is -2.21. The topological polar surface area (TPSA) is 37.6 Å². The number of hydrogen-bond donors (Lipinski definition) is 1. The van der Waals surface area contributed by atoms with Gasteiger partial charge in [0.2, 0.25) is 0 Å². The van der Waals surface area contributed by atoms with Crippen molar-refractivity contribution >= 4 is 0 Å². The van der Waals surface area contributed by atoms with Gasteiger partial charge in [-0.1, -0.05) is 6.92 Å². The maximum atomic E-state index is 5.85. The number of nitrogens with one attached hydrogen (secondary N) is 1. The van der Waals surface area contributed by atoms with E-state index in [9.17, 15) is 0 Å². The fourth-order valence-electron chi connectivity index (χ4n) is 2.49. The van der Waals surface area contributed by atoms with Crippen LogP contribution in [0.25, 0.3) is 0 Å². The monoisotopic (exact) mass is 266 g/mol. The predicted octanol–water partition coefficient (Wildman–Crippen LogP) is 2.31. The van der Waals surface area contributed by atoms with Crippen LogP contribution in [0, 0.1) is 6.92 Å². The summed E-state index contributed by atoms with van der Waals surface area (Å²) in [7, 11) is 2.15. The molecule has 0 amide bonds. The van der Waals surface area contributed by atoms with Crippen molar-refractivity contribution < 1.29 is 9.15 Å². The van der Waals surface area contributed by atoms with Crippen molar-refractivity contribution in [2.45, 2.75) is 45.8 Å². The third-order valence-corrected chi connectivity index (χ3v) is 3.75. The molecule has 4 heteroatoms. The van der Waals surface area contributed by atoms with Crippen LogP contribution in [-0.2, 0) is 17.8 Å².